The molecule has 0 bridgehead atoms. The van der Waals surface area contributed by atoms with E-state index in [1.165, 1.54) is 24.3 Å². The molecule has 0 spiro atoms. The van der Waals surface area contributed by atoms with Crippen LogP contribution in [-0.2, 0) is 10.0 Å². The molecule has 17 heavy (non-hydrogen) atoms. The topological polar surface area (TPSA) is 72.5 Å². The number of nitrogens with two attached hydrogens (primary N) is 1. The quantitative estimate of drug-likeness (QED) is 0.900. The van der Waals surface area contributed by atoms with Crippen LogP contribution in [0.4, 0.5) is 7.77 Å². The Labute approximate surface area is 98.9 Å². The highest BCUT2D eigenvalue weighted by molar-refractivity contribution is 8.27. The van der Waals surface area contributed by atoms with E-state index >= 15 is 0 Å². The average molecular weight is 278 g/mol. The second-order valence-corrected chi connectivity index (χ2v) is 6.24. The SMILES string of the molecule is NS(=O)(=O)c1ccccc1C1=NS(F)(F)C=C1. The predicted molar refractivity (Wildman–Crippen MR) is 63.3 cm³/mol. The molecule has 4 nitrogen and oxygen atoms in total. The van der Waals surface area contributed by atoms with E-state index < -0.39 is 21.0 Å². The highest BCUT2D eigenvalue weighted by Crippen LogP contribution is 2.57. The first-order chi connectivity index (χ1) is 7.80. The second-order valence-electron chi connectivity index (χ2n) is 3.30. The van der Waals surface area contributed by atoms with E-state index in [1.54, 1.807) is 0 Å². The molecule has 0 aliphatic carbocycles. The molecule has 2 rings (SSSR count). The average Bonchev–Trinajstić information content (AvgIpc) is 2.58. The summed E-state index contributed by atoms with van der Waals surface area (Å²) in [6, 6.07) is 5.65. The van der Waals surface area contributed by atoms with Crippen LogP contribution in [-0.4, -0.2) is 14.1 Å². The van der Waals surface area contributed by atoms with Crippen LogP contribution in [0.25, 0.3) is 0 Å². The molecule has 0 atom stereocenters. The zero-order chi connectivity index (χ0) is 12.7. The third-order valence-electron chi connectivity index (χ3n) is 2.08. The summed E-state index contributed by atoms with van der Waals surface area (Å²) in [5.41, 5.74) is 0.0329. The number of halogens is 2. The Balaban J connectivity index is 2.60. The van der Waals surface area contributed by atoms with Gasteiger partial charge in [0.05, 0.1) is 10.6 Å². The van der Waals surface area contributed by atoms with Gasteiger partial charge in [-0.3, -0.25) is 0 Å². The fraction of sp³-hybridized carbons (Fsp3) is 0. The summed E-state index contributed by atoms with van der Waals surface area (Å²) < 4.78 is 51.7. The van der Waals surface area contributed by atoms with Gasteiger partial charge in [0.1, 0.15) is 0 Å². The standard InChI is InChI=1S/C9H8F2N2O2S2/c10-16(11)6-5-8(13-16)7-3-1-2-4-9(7)17(12,14)15/h1-6H,(H2,12,14,15). The van der Waals surface area contributed by atoms with Crippen LogP contribution in [0.5, 0.6) is 0 Å². The van der Waals surface area contributed by atoms with E-state index in [-0.39, 0.29) is 16.2 Å². The van der Waals surface area contributed by atoms with Gasteiger partial charge in [0.15, 0.2) is 11.0 Å². The molecule has 0 fully saturated rings. The van der Waals surface area contributed by atoms with E-state index in [0.29, 0.717) is 5.41 Å². The van der Waals surface area contributed by atoms with Crippen molar-refractivity contribution in [3.63, 3.8) is 0 Å². The largest absolute Gasteiger partial charge is 0.238 e. The Morgan fingerprint density at radius 1 is 1.24 bits per heavy atom. The van der Waals surface area contributed by atoms with Crippen LogP contribution >= 0.6 is 11.0 Å². The van der Waals surface area contributed by atoms with Gasteiger partial charge in [-0.1, -0.05) is 18.2 Å². The smallest absolute Gasteiger partial charge is 0.225 e. The molecule has 2 N–H and O–H groups in total. The van der Waals surface area contributed by atoms with Gasteiger partial charge in [-0.05, 0) is 12.1 Å². The molecule has 0 saturated carbocycles. The Morgan fingerprint density at radius 2 is 1.88 bits per heavy atom. The monoisotopic (exact) mass is 278 g/mol. The molecule has 8 heteroatoms. The van der Waals surface area contributed by atoms with Crippen molar-refractivity contribution in [3.8, 4) is 0 Å². The van der Waals surface area contributed by atoms with Crippen LogP contribution in [0.15, 0.2) is 45.0 Å². The highest BCUT2D eigenvalue weighted by atomic mass is 32.3. The Bertz CT molecular complexity index is 624. The number of sulfonamides is 1. The molecule has 1 aliphatic heterocycles. The Morgan fingerprint density at radius 3 is 2.41 bits per heavy atom. The number of allylic oxidation sites excluding steroid dienone is 1. The van der Waals surface area contributed by atoms with Crippen LogP contribution in [0.1, 0.15) is 5.56 Å². The van der Waals surface area contributed by atoms with Crippen molar-refractivity contribution in [1.82, 2.24) is 0 Å². The van der Waals surface area contributed by atoms with E-state index in [1.807, 2.05) is 0 Å². The van der Waals surface area contributed by atoms with Crippen molar-refractivity contribution in [2.24, 2.45) is 9.54 Å². The van der Waals surface area contributed by atoms with Crippen molar-refractivity contribution in [1.29, 1.82) is 0 Å². The van der Waals surface area contributed by atoms with Crippen LogP contribution in [0.2, 0.25) is 0 Å². The van der Waals surface area contributed by atoms with Gasteiger partial charge in [-0.15, -0.1) is 7.77 Å². The maximum absolute atomic E-state index is 12.9. The lowest BCUT2D eigenvalue weighted by atomic mass is 10.1. The summed E-state index contributed by atoms with van der Waals surface area (Å²) >= 11 is 0. The predicted octanol–water partition coefficient (Wildman–Crippen LogP) is 2.14. The second kappa shape index (κ2) is 3.90. The van der Waals surface area contributed by atoms with Gasteiger partial charge in [0.25, 0.3) is 0 Å². The number of benzene rings is 1. The Hall–Kier alpha value is -1.25. The fourth-order valence-electron chi connectivity index (χ4n) is 1.40. The lowest BCUT2D eigenvalue weighted by Gasteiger charge is -2.07. The first kappa shape index (κ1) is 12.2. The summed E-state index contributed by atoms with van der Waals surface area (Å²) in [6.07, 6.45) is 1.11. The van der Waals surface area contributed by atoms with Gasteiger partial charge in [0, 0.05) is 11.0 Å². The number of primary sulfonamides is 1. The molecule has 0 saturated heterocycles. The summed E-state index contributed by atoms with van der Waals surface area (Å²) in [5.74, 6) is 0. The summed E-state index contributed by atoms with van der Waals surface area (Å²) in [6.45, 7) is 0. The van der Waals surface area contributed by atoms with Crippen LogP contribution < -0.4 is 5.14 Å². The fourth-order valence-corrected chi connectivity index (χ4v) is 2.93. The normalized spacial score (nSPS) is 20.1. The van der Waals surface area contributed by atoms with Gasteiger partial charge < -0.3 is 0 Å². The van der Waals surface area contributed by atoms with Crippen molar-refractivity contribution in [2.75, 3.05) is 0 Å². The van der Waals surface area contributed by atoms with Crippen molar-refractivity contribution in [3.05, 3.63) is 41.3 Å². The molecular weight excluding hydrogens is 270 g/mol. The molecule has 0 amide bonds. The summed E-state index contributed by atoms with van der Waals surface area (Å²) in [7, 11) is -8.09. The zero-order valence-electron chi connectivity index (χ0n) is 8.38. The minimum Gasteiger partial charge on any atom is -0.225 e. The molecule has 0 unspecified atom stereocenters. The van der Waals surface area contributed by atoms with Crippen LogP contribution in [0, 0.1) is 0 Å². The lowest BCUT2D eigenvalue weighted by molar-refractivity contribution is 0.597. The zero-order valence-corrected chi connectivity index (χ0v) is 10.0. The Kier molecular flexibility index (Phi) is 2.80. The first-order valence-electron chi connectivity index (χ1n) is 4.42. The lowest BCUT2D eigenvalue weighted by Crippen LogP contribution is -2.16. The highest BCUT2D eigenvalue weighted by Gasteiger charge is 2.26. The van der Waals surface area contributed by atoms with Crippen molar-refractivity contribution >= 4 is 26.7 Å². The third-order valence-corrected chi connectivity index (χ3v) is 3.95. The molecule has 1 aromatic rings. The maximum Gasteiger partial charge on any atom is 0.238 e. The van der Waals surface area contributed by atoms with E-state index in [4.69, 9.17) is 5.14 Å². The molecule has 0 aromatic heterocycles. The number of hydrogen-bond acceptors (Lipinski definition) is 3. The molecule has 0 radical (unpaired) electrons. The third kappa shape index (κ3) is 2.54. The van der Waals surface area contributed by atoms with Crippen LogP contribution in [0.3, 0.4) is 0 Å². The number of nitrogens with zero attached hydrogens (tertiary/aromatic N) is 1. The number of hydrogen-bond donors (Lipinski definition) is 1. The van der Waals surface area contributed by atoms with Gasteiger partial charge in [-0.25, -0.2) is 13.6 Å². The van der Waals surface area contributed by atoms with E-state index in [0.717, 1.165) is 6.08 Å². The summed E-state index contributed by atoms with van der Waals surface area (Å²) in [4.78, 5) is -0.208. The first-order valence-corrected chi connectivity index (χ1v) is 7.42. The van der Waals surface area contributed by atoms with E-state index in [9.17, 15) is 16.2 Å². The molecular formula is C9H8F2N2O2S2. The summed E-state index contributed by atoms with van der Waals surface area (Å²) in [5, 5.41) is 5.69. The maximum atomic E-state index is 12.9. The van der Waals surface area contributed by atoms with Crippen molar-refractivity contribution in [2.45, 2.75) is 4.90 Å². The van der Waals surface area contributed by atoms with Gasteiger partial charge in [-0.2, -0.15) is 4.40 Å². The van der Waals surface area contributed by atoms with Gasteiger partial charge in [0.2, 0.25) is 10.0 Å². The molecule has 1 aliphatic rings. The number of rotatable bonds is 2. The van der Waals surface area contributed by atoms with Gasteiger partial charge >= 0.3 is 0 Å². The molecule has 1 aromatic carbocycles. The minimum absolute atomic E-state index is 0.0605. The minimum atomic E-state index is -4.13. The molecule has 92 valence electrons. The van der Waals surface area contributed by atoms with E-state index in [2.05, 4.69) is 4.40 Å². The molecule has 1 heterocycles. The van der Waals surface area contributed by atoms with Crippen molar-refractivity contribution < 1.29 is 16.2 Å².